The van der Waals surface area contributed by atoms with E-state index in [2.05, 4.69) is 11.2 Å². The largest absolute Gasteiger partial charge is 0.388 e. The van der Waals surface area contributed by atoms with Gasteiger partial charge in [-0.1, -0.05) is 5.92 Å². The molecule has 0 heterocycles. The number of terminal acetylenes is 1. The lowest BCUT2D eigenvalue weighted by Crippen LogP contribution is -1.91. The minimum absolute atomic E-state index is 0. The van der Waals surface area contributed by atoms with E-state index >= 15 is 0 Å². The number of aryl methyl sites for hydroxylation is 1. The fourth-order valence-corrected chi connectivity index (χ4v) is 1.03. The highest BCUT2D eigenvalue weighted by molar-refractivity contribution is 5.85. The summed E-state index contributed by atoms with van der Waals surface area (Å²) in [5.74, 6) is 2.59. The summed E-state index contributed by atoms with van der Waals surface area (Å²) in [5.41, 5.74) is 3.24. The van der Waals surface area contributed by atoms with Crippen LogP contribution in [0.15, 0.2) is 18.2 Å². The van der Waals surface area contributed by atoms with E-state index in [4.69, 9.17) is 6.42 Å². The molecule has 0 radical (unpaired) electrons. The average Bonchev–Trinajstić information content (AvgIpc) is 2.04. The molecule has 0 aromatic heterocycles. The van der Waals surface area contributed by atoms with Crippen molar-refractivity contribution in [2.24, 2.45) is 0 Å². The van der Waals surface area contributed by atoms with Crippen LogP contribution >= 0.6 is 12.4 Å². The molecule has 1 N–H and O–H groups in total. The van der Waals surface area contributed by atoms with Crippen LogP contribution in [-0.4, -0.2) is 7.05 Å². The summed E-state index contributed by atoms with van der Waals surface area (Å²) >= 11 is 0. The van der Waals surface area contributed by atoms with Crippen molar-refractivity contribution in [3.8, 4) is 12.3 Å². The maximum Gasteiger partial charge on any atom is 0.0368 e. The average molecular weight is 182 g/mol. The Bertz CT molecular complexity index is 299. The van der Waals surface area contributed by atoms with E-state index in [1.54, 1.807) is 0 Å². The van der Waals surface area contributed by atoms with Crippen molar-refractivity contribution in [2.45, 2.75) is 6.92 Å². The summed E-state index contributed by atoms with van der Waals surface area (Å²) in [5, 5.41) is 3.08. The highest BCUT2D eigenvalue weighted by Gasteiger charge is 1.94. The predicted octanol–water partition coefficient (Wildman–Crippen LogP) is 2.44. The van der Waals surface area contributed by atoms with Crippen molar-refractivity contribution in [1.82, 2.24) is 0 Å². The van der Waals surface area contributed by atoms with E-state index in [0.29, 0.717) is 0 Å². The summed E-state index contributed by atoms with van der Waals surface area (Å²) in [6, 6.07) is 5.91. The quantitative estimate of drug-likeness (QED) is 0.657. The molecular weight excluding hydrogens is 170 g/mol. The highest BCUT2D eigenvalue weighted by atomic mass is 35.5. The Morgan fingerprint density at radius 2 is 2.08 bits per heavy atom. The molecule has 1 aromatic rings. The van der Waals surface area contributed by atoms with Crippen LogP contribution in [0.4, 0.5) is 5.69 Å². The zero-order valence-corrected chi connectivity index (χ0v) is 8.03. The lowest BCUT2D eigenvalue weighted by Gasteiger charge is -2.03. The molecular formula is C10H12ClN. The fraction of sp³-hybridized carbons (Fsp3) is 0.200. The minimum Gasteiger partial charge on any atom is -0.388 e. The number of hydrogen-bond acceptors (Lipinski definition) is 1. The molecule has 0 bridgehead atoms. The van der Waals surface area contributed by atoms with E-state index < -0.39 is 0 Å². The Kier molecular flexibility index (Phi) is 4.25. The van der Waals surface area contributed by atoms with E-state index in [1.807, 2.05) is 32.2 Å². The lowest BCUT2D eigenvalue weighted by atomic mass is 10.1. The molecule has 0 atom stereocenters. The van der Waals surface area contributed by atoms with E-state index in [9.17, 15) is 0 Å². The van der Waals surface area contributed by atoms with Crippen molar-refractivity contribution in [3.63, 3.8) is 0 Å². The Labute approximate surface area is 79.6 Å². The van der Waals surface area contributed by atoms with Crippen molar-refractivity contribution < 1.29 is 0 Å². The number of halogens is 1. The van der Waals surface area contributed by atoms with Gasteiger partial charge >= 0.3 is 0 Å². The summed E-state index contributed by atoms with van der Waals surface area (Å²) in [6.45, 7) is 2.03. The van der Waals surface area contributed by atoms with Gasteiger partial charge in [-0.05, 0) is 30.7 Å². The summed E-state index contributed by atoms with van der Waals surface area (Å²) < 4.78 is 0. The van der Waals surface area contributed by atoms with E-state index in [1.165, 1.54) is 5.56 Å². The lowest BCUT2D eigenvalue weighted by molar-refractivity contribution is 1.40. The number of nitrogens with one attached hydrogen (secondary N) is 1. The van der Waals surface area contributed by atoms with Crippen molar-refractivity contribution in [3.05, 3.63) is 29.3 Å². The Morgan fingerprint density at radius 3 is 2.50 bits per heavy atom. The smallest absolute Gasteiger partial charge is 0.0368 e. The van der Waals surface area contributed by atoms with Gasteiger partial charge in [0.2, 0.25) is 0 Å². The maximum atomic E-state index is 5.24. The molecule has 0 amide bonds. The van der Waals surface area contributed by atoms with E-state index in [0.717, 1.165) is 11.3 Å². The topological polar surface area (TPSA) is 12.0 Å². The van der Waals surface area contributed by atoms with Gasteiger partial charge in [0.15, 0.2) is 0 Å². The standard InChI is InChI=1S/C10H11N.ClH/c1-4-9-5-6-10(11-3)8(2)7-9;/h1,5-7,11H,2-3H3;1H. The van der Waals surface area contributed by atoms with Gasteiger partial charge < -0.3 is 5.32 Å². The maximum absolute atomic E-state index is 5.24. The molecule has 1 rings (SSSR count). The molecule has 2 heteroatoms. The van der Waals surface area contributed by atoms with Crippen LogP contribution in [-0.2, 0) is 0 Å². The predicted molar refractivity (Wildman–Crippen MR) is 55.9 cm³/mol. The normalized spacial score (nSPS) is 8.08. The zero-order chi connectivity index (χ0) is 8.27. The third-order valence-corrected chi connectivity index (χ3v) is 1.66. The van der Waals surface area contributed by atoms with Gasteiger partial charge in [0.1, 0.15) is 0 Å². The second-order valence-corrected chi connectivity index (χ2v) is 2.42. The first-order chi connectivity index (χ1) is 5.27. The second-order valence-electron chi connectivity index (χ2n) is 2.42. The number of hydrogen-bond donors (Lipinski definition) is 1. The molecule has 0 aliphatic rings. The van der Waals surface area contributed by atoms with Crippen LogP contribution in [0.25, 0.3) is 0 Å². The van der Waals surface area contributed by atoms with Gasteiger partial charge in [0.05, 0.1) is 0 Å². The van der Waals surface area contributed by atoms with Crippen molar-refractivity contribution in [2.75, 3.05) is 12.4 Å². The molecule has 0 fully saturated rings. The van der Waals surface area contributed by atoms with Crippen molar-refractivity contribution in [1.29, 1.82) is 0 Å². The summed E-state index contributed by atoms with van der Waals surface area (Å²) in [7, 11) is 1.90. The highest BCUT2D eigenvalue weighted by Crippen LogP contribution is 2.14. The Hall–Kier alpha value is -1.13. The molecule has 0 saturated heterocycles. The molecule has 0 spiro atoms. The first kappa shape index (κ1) is 10.9. The van der Waals surface area contributed by atoms with Crippen LogP contribution in [0, 0.1) is 19.3 Å². The molecule has 0 saturated carbocycles. The minimum atomic E-state index is 0. The molecule has 1 aromatic carbocycles. The third kappa shape index (κ3) is 2.18. The van der Waals surface area contributed by atoms with Crippen LogP contribution in [0.5, 0.6) is 0 Å². The zero-order valence-electron chi connectivity index (χ0n) is 7.22. The van der Waals surface area contributed by atoms with Gasteiger partial charge in [-0.15, -0.1) is 18.8 Å². The fourth-order valence-electron chi connectivity index (χ4n) is 1.03. The number of anilines is 1. The van der Waals surface area contributed by atoms with Gasteiger partial charge in [-0.3, -0.25) is 0 Å². The van der Waals surface area contributed by atoms with Crippen LogP contribution in [0.3, 0.4) is 0 Å². The number of benzene rings is 1. The molecule has 0 unspecified atom stereocenters. The Morgan fingerprint density at radius 1 is 1.42 bits per heavy atom. The van der Waals surface area contributed by atoms with Crippen molar-refractivity contribution >= 4 is 18.1 Å². The van der Waals surface area contributed by atoms with Gasteiger partial charge in [0, 0.05) is 18.3 Å². The van der Waals surface area contributed by atoms with E-state index in [-0.39, 0.29) is 12.4 Å². The first-order valence-corrected chi connectivity index (χ1v) is 3.53. The third-order valence-electron chi connectivity index (χ3n) is 1.66. The summed E-state index contributed by atoms with van der Waals surface area (Å²) in [6.07, 6.45) is 5.24. The van der Waals surface area contributed by atoms with Gasteiger partial charge in [-0.25, -0.2) is 0 Å². The second kappa shape index (κ2) is 4.69. The van der Waals surface area contributed by atoms with Gasteiger partial charge in [-0.2, -0.15) is 0 Å². The Balaban J connectivity index is 0.00000121. The monoisotopic (exact) mass is 181 g/mol. The first-order valence-electron chi connectivity index (χ1n) is 3.53. The van der Waals surface area contributed by atoms with Crippen LogP contribution in [0.2, 0.25) is 0 Å². The SMILES string of the molecule is C#Cc1ccc(NC)c(C)c1.Cl. The molecule has 1 nitrogen and oxygen atoms in total. The van der Waals surface area contributed by atoms with Crippen LogP contribution < -0.4 is 5.32 Å². The molecule has 0 aliphatic heterocycles. The van der Waals surface area contributed by atoms with Crippen LogP contribution in [0.1, 0.15) is 11.1 Å². The molecule has 64 valence electrons. The molecule has 12 heavy (non-hydrogen) atoms. The number of rotatable bonds is 1. The summed E-state index contributed by atoms with van der Waals surface area (Å²) in [4.78, 5) is 0. The molecule has 0 aliphatic carbocycles. The van der Waals surface area contributed by atoms with Gasteiger partial charge in [0.25, 0.3) is 0 Å².